The maximum Gasteiger partial charge on any atom is 0.128 e. The molecule has 0 aromatic carbocycles. The molecule has 0 spiro atoms. The first-order valence-corrected chi connectivity index (χ1v) is 5.89. The van der Waals surface area contributed by atoms with Crippen LogP contribution in [0.4, 0.5) is 11.5 Å². The number of rotatable bonds is 3. The molecule has 5 heteroatoms. The monoisotopic (exact) mass is 234 g/mol. The topological polar surface area (TPSA) is 63.8 Å². The van der Waals surface area contributed by atoms with Crippen LogP contribution in [0.3, 0.4) is 0 Å². The molecule has 0 saturated heterocycles. The van der Waals surface area contributed by atoms with Crippen LogP contribution in [0.1, 0.15) is 16.1 Å². The fraction of sp³-hybridized carbons (Fsp3) is 0.273. The summed E-state index contributed by atoms with van der Waals surface area (Å²) in [5, 5.41) is 3.24. The lowest BCUT2D eigenvalue weighted by Gasteiger charge is -2.06. The van der Waals surface area contributed by atoms with Crippen molar-refractivity contribution in [3.05, 3.63) is 33.9 Å². The third-order valence-corrected chi connectivity index (χ3v) is 3.35. The summed E-state index contributed by atoms with van der Waals surface area (Å²) in [6, 6.07) is 1.85. The zero-order valence-electron chi connectivity index (χ0n) is 9.32. The van der Waals surface area contributed by atoms with Crippen LogP contribution in [0.2, 0.25) is 0 Å². The Kier molecular flexibility index (Phi) is 3.05. The van der Waals surface area contributed by atoms with Gasteiger partial charge in [-0.05, 0) is 19.4 Å². The summed E-state index contributed by atoms with van der Waals surface area (Å²) in [6.07, 6.45) is 1.77. The number of hydrogen-bond donors (Lipinski definition) is 2. The minimum atomic E-state index is 0.742. The van der Waals surface area contributed by atoms with Crippen LogP contribution in [0.5, 0.6) is 0 Å². The number of anilines is 2. The lowest BCUT2D eigenvalue weighted by Crippen LogP contribution is -2.02. The van der Waals surface area contributed by atoms with E-state index in [9.17, 15) is 0 Å². The van der Waals surface area contributed by atoms with Gasteiger partial charge < -0.3 is 11.1 Å². The van der Waals surface area contributed by atoms with Crippen molar-refractivity contribution in [1.29, 1.82) is 0 Å². The molecule has 0 atom stereocenters. The predicted molar refractivity (Wildman–Crippen MR) is 67.6 cm³/mol. The van der Waals surface area contributed by atoms with E-state index < -0.39 is 0 Å². The normalized spacial score (nSPS) is 10.4. The number of thiazole rings is 1. The van der Waals surface area contributed by atoms with E-state index in [1.165, 1.54) is 4.88 Å². The second-order valence-electron chi connectivity index (χ2n) is 3.64. The molecule has 0 aliphatic carbocycles. The number of aryl methyl sites for hydroxylation is 2. The lowest BCUT2D eigenvalue weighted by atomic mass is 10.2. The van der Waals surface area contributed by atoms with Crippen LogP contribution in [-0.2, 0) is 6.54 Å². The molecule has 2 aromatic rings. The standard InChI is InChI=1S/C11H14N4S/c1-7-4-13-11(3-9(7)12)14-5-10-8(2)15-6-16-10/h3-4,6H,5H2,1-2H3,(H3,12,13,14). The van der Waals surface area contributed by atoms with Crippen LogP contribution in [-0.4, -0.2) is 9.97 Å². The second-order valence-corrected chi connectivity index (χ2v) is 4.58. The fourth-order valence-electron chi connectivity index (χ4n) is 1.30. The van der Waals surface area contributed by atoms with E-state index in [1.807, 2.05) is 25.4 Å². The van der Waals surface area contributed by atoms with Gasteiger partial charge in [-0.2, -0.15) is 0 Å². The van der Waals surface area contributed by atoms with E-state index in [1.54, 1.807) is 17.5 Å². The molecule has 2 aromatic heterocycles. The highest BCUT2D eigenvalue weighted by Gasteiger charge is 2.02. The molecule has 4 nitrogen and oxygen atoms in total. The van der Waals surface area contributed by atoms with E-state index in [0.29, 0.717) is 0 Å². The van der Waals surface area contributed by atoms with Gasteiger partial charge >= 0.3 is 0 Å². The molecule has 0 saturated carbocycles. The Labute approximate surface area is 98.6 Å². The van der Waals surface area contributed by atoms with Crippen molar-refractivity contribution in [2.75, 3.05) is 11.1 Å². The summed E-state index contributed by atoms with van der Waals surface area (Å²) in [7, 11) is 0. The number of nitrogens with two attached hydrogens (primary N) is 1. The Morgan fingerprint density at radius 2 is 2.19 bits per heavy atom. The summed E-state index contributed by atoms with van der Waals surface area (Å²) < 4.78 is 0. The molecule has 2 rings (SSSR count). The molecular weight excluding hydrogens is 220 g/mol. The zero-order chi connectivity index (χ0) is 11.5. The van der Waals surface area contributed by atoms with Gasteiger partial charge in [0.25, 0.3) is 0 Å². The van der Waals surface area contributed by atoms with Gasteiger partial charge in [0.05, 0.1) is 17.7 Å². The third kappa shape index (κ3) is 2.30. The van der Waals surface area contributed by atoms with Gasteiger partial charge in [-0.3, -0.25) is 0 Å². The van der Waals surface area contributed by atoms with Gasteiger partial charge in [0.15, 0.2) is 0 Å². The molecule has 0 radical (unpaired) electrons. The Hall–Kier alpha value is -1.62. The Morgan fingerprint density at radius 3 is 2.81 bits per heavy atom. The molecule has 84 valence electrons. The molecule has 3 N–H and O–H groups in total. The second kappa shape index (κ2) is 4.49. The van der Waals surface area contributed by atoms with Crippen LogP contribution in [0.15, 0.2) is 17.8 Å². The van der Waals surface area contributed by atoms with Gasteiger partial charge in [-0.1, -0.05) is 0 Å². The first kappa shape index (κ1) is 10.9. The minimum Gasteiger partial charge on any atom is -0.398 e. The van der Waals surface area contributed by atoms with Crippen molar-refractivity contribution in [3.63, 3.8) is 0 Å². The Bertz CT molecular complexity index is 492. The number of nitrogens with one attached hydrogen (secondary N) is 1. The van der Waals surface area contributed by atoms with E-state index >= 15 is 0 Å². The number of hydrogen-bond acceptors (Lipinski definition) is 5. The molecule has 16 heavy (non-hydrogen) atoms. The average molecular weight is 234 g/mol. The minimum absolute atomic E-state index is 0.742. The van der Waals surface area contributed by atoms with Gasteiger partial charge in [-0.25, -0.2) is 9.97 Å². The maximum absolute atomic E-state index is 5.81. The summed E-state index contributed by atoms with van der Waals surface area (Å²) in [5.74, 6) is 0.802. The molecule has 0 aliphatic heterocycles. The predicted octanol–water partition coefficient (Wildman–Crippen LogP) is 2.35. The van der Waals surface area contributed by atoms with Crippen molar-refractivity contribution in [2.45, 2.75) is 20.4 Å². The van der Waals surface area contributed by atoms with Gasteiger partial charge in [-0.15, -0.1) is 11.3 Å². The largest absolute Gasteiger partial charge is 0.398 e. The van der Waals surface area contributed by atoms with Crippen molar-refractivity contribution in [2.24, 2.45) is 0 Å². The van der Waals surface area contributed by atoms with Crippen molar-refractivity contribution < 1.29 is 0 Å². The molecule has 0 fully saturated rings. The van der Waals surface area contributed by atoms with E-state index in [2.05, 4.69) is 15.3 Å². The summed E-state index contributed by atoms with van der Waals surface area (Å²) >= 11 is 1.64. The van der Waals surface area contributed by atoms with Gasteiger partial charge in [0.2, 0.25) is 0 Å². The number of nitrogen functional groups attached to an aromatic ring is 1. The van der Waals surface area contributed by atoms with Crippen LogP contribution < -0.4 is 11.1 Å². The van der Waals surface area contributed by atoms with E-state index in [0.717, 1.165) is 29.3 Å². The smallest absolute Gasteiger partial charge is 0.128 e. The van der Waals surface area contributed by atoms with Gasteiger partial charge in [0, 0.05) is 22.8 Å². The maximum atomic E-state index is 5.81. The third-order valence-electron chi connectivity index (χ3n) is 2.42. The first-order chi connectivity index (χ1) is 7.66. The molecule has 0 unspecified atom stereocenters. The van der Waals surface area contributed by atoms with Crippen LogP contribution in [0.25, 0.3) is 0 Å². The lowest BCUT2D eigenvalue weighted by molar-refractivity contribution is 1.09. The number of pyridine rings is 1. The SMILES string of the molecule is Cc1cnc(NCc2scnc2C)cc1N. The van der Waals surface area contributed by atoms with Crippen molar-refractivity contribution in [3.8, 4) is 0 Å². The number of aromatic nitrogens is 2. The highest BCUT2D eigenvalue weighted by Crippen LogP contribution is 2.17. The highest BCUT2D eigenvalue weighted by molar-refractivity contribution is 7.09. The molecule has 2 heterocycles. The Balaban J connectivity index is 2.05. The van der Waals surface area contributed by atoms with Crippen molar-refractivity contribution in [1.82, 2.24) is 9.97 Å². The molecular formula is C11H14N4S. The van der Waals surface area contributed by atoms with E-state index in [-0.39, 0.29) is 0 Å². The fourth-order valence-corrected chi connectivity index (χ4v) is 2.02. The summed E-state index contributed by atoms with van der Waals surface area (Å²) in [5.41, 5.74) is 10.5. The van der Waals surface area contributed by atoms with Crippen molar-refractivity contribution >= 4 is 22.8 Å². The van der Waals surface area contributed by atoms with E-state index in [4.69, 9.17) is 5.73 Å². The van der Waals surface area contributed by atoms with Crippen LogP contribution >= 0.6 is 11.3 Å². The molecule has 0 amide bonds. The van der Waals surface area contributed by atoms with Gasteiger partial charge in [0.1, 0.15) is 5.82 Å². The molecule has 0 aliphatic rings. The van der Waals surface area contributed by atoms with Crippen LogP contribution in [0, 0.1) is 13.8 Å². The highest BCUT2D eigenvalue weighted by atomic mass is 32.1. The Morgan fingerprint density at radius 1 is 1.38 bits per heavy atom. The first-order valence-electron chi connectivity index (χ1n) is 5.02. The zero-order valence-corrected chi connectivity index (χ0v) is 10.1. The number of nitrogens with zero attached hydrogens (tertiary/aromatic N) is 2. The molecule has 0 bridgehead atoms. The summed E-state index contributed by atoms with van der Waals surface area (Å²) in [6.45, 7) is 4.69. The quantitative estimate of drug-likeness (QED) is 0.855. The summed E-state index contributed by atoms with van der Waals surface area (Å²) in [4.78, 5) is 9.68. The average Bonchev–Trinajstić information content (AvgIpc) is 2.66.